The van der Waals surface area contributed by atoms with Crippen molar-refractivity contribution >= 4 is 0 Å². The summed E-state index contributed by atoms with van der Waals surface area (Å²) in [4.78, 5) is 2.27. The number of benzene rings is 1. The molecule has 1 heterocycles. The van der Waals surface area contributed by atoms with Crippen molar-refractivity contribution in [2.24, 2.45) is 0 Å². The first kappa shape index (κ1) is 10.7. The number of hydrogen-bond donors (Lipinski definition) is 1. The zero-order valence-electron chi connectivity index (χ0n) is 9.88. The Kier molecular flexibility index (Phi) is 3.08. The van der Waals surface area contributed by atoms with E-state index in [4.69, 9.17) is 0 Å². The molecular formula is C13H20N2. The molecule has 1 aliphatic rings. The molecule has 2 rings (SSSR count). The molecule has 82 valence electrons. The number of aryl methyl sites for hydroxylation is 1. The molecule has 0 bridgehead atoms. The van der Waals surface area contributed by atoms with Gasteiger partial charge < -0.3 is 10.2 Å². The molecule has 1 N–H and O–H groups in total. The number of likely N-dealkylation sites (N-methyl/N-ethyl adjacent to an activating group) is 1. The van der Waals surface area contributed by atoms with Crippen molar-refractivity contribution in [3.8, 4) is 0 Å². The van der Waals surface area contributed by atoms with Crippen LogP contribution in [-0.4, -0.2) is 32.1 Å². The van der Waals surface area contributed by atoms with Crippen molar-refractivity contribution in [3.05, 3.63) is 34.9 Å². The maximum Gasteiger partial charge on any atom is 0.0208 e. The Morgan fingerprint density at radius 2 is 2.20 bits per heavy atom. The third kappa shape index (κ3) is 2.39. The molecule has 1 atom stereocenters. The highest BCUT2D eigenvalue weighted by Crippen LogP contribution is 2.25. The fourth-order valence-electron chi connectivity index (χ4n) is 2.38. The largest absolute Gasteiger partial charge is 0.312 e. The summed E-state index contributed by atoms with van der Waals surface area (Å²) in [6, 6.07) is 6.84. The molecular weight excluding hydrogens is 184 g/mol. The fourth-order valence-corrected chi connectivity index (χ4v) is 2.38. The van der Waals surface area contributed by atoms with E-state index in [1.165, 1.54) is 16.7 Å². The third-order valence-corrected chi connectivity index (χ3v) is 3.03. The fraction of sp³-hybridized carbons (Fsp3) is 0.538. The van der Waals surface area contributed by atoms with Gasteiger partial charge in [0.25, 0.3) is 0 Å². The minimum absolute atomic E-state index is 0.643. The molecule has 0 fully saturated rings. The summed E-state index contributed by atoms with van der Waals surface area (Å²) in [6.07, 6.45) is 0. The minimum Gasteiger partial charge on any atom is -0.312 e. The standard InChI is InChI=1S/C13H20N2/c1-10-4-5-13-11(6-10)7-14-8-12(13)9-15(2)3/h4-6,12,14H,7-9H2,1-3H3. The Labute approximate surface area is 92.3 Å². The first-order valence-corrected chi connectivity index (χ1v) is 5.61. The summed E-state index contributed by atoms with van der Waals surface area (Å²) >= 11 is 0. The lowest BCUT2D eigenvalue weighted by molar-refractivity contribution is 0.355. The van der Waals surface area contributed by atoms with Gasteiger partial charge in [-0.3, -0.25) is 0 Å². The topological polar surface area (TPSA) is 15.3 Å². The zero-order chi connectivity index (χ0) is 10.8. The number of nitrogens with one attached hydrogen (secondary N) is 1. The molecule has 2 heteroatoms. The molecule has 0 spiro atoms. The Morgan fingerprint density at radius 1 is 1.40 bits per heavy atom. The van der Waals surface area contributed by atoms with Crippen LogP contribution in [0.1, 0.15) is 22.6 Å². The van der Waals surface area contributed by atoms with Gasteiger partial charge in [0.2, 0.25) is 0 Å². The van der Waals surface area contributed by atoms with Crippen LogP contribution in [0.25, 0.3) is 0 Å². The lowest BCUT2D eigenvalue weighted by Gasteiger charge is -2.28. The van der Waals surface area contributed by atoms with E-state index in [1.54, 1.807) is 0 Å². The second-order valence-corrected chi connectivity index (χ2v) is 4.79. The Hall–Kier alpha value is -0.860. The van der Waals surface area contributed by atoms with Gasteiger partial charge in [0, 0.05) is 25.6 Å². The zero-order valence-corrected chi connectivity index (χ0v) is 9.88. The number of rotatable bonds is 2. The van der Waals surface area contributed by atoms with Crippen molar-refractivity contribution < 1.29 is 0 Å². The summed E-state index contributed by atoms with van der Waals surface area (Å²) in [5, 5.41) is 3.50. The summed E-state index contributed by atoms with van der Waals surface area (Å²) in [5.41, 5.74) is 4.38. The summed E-state index contributed by atoms with van der Waals surface area (Å²) < 4.78 is 0. The van der Waals surface area contributed by atoms with Crippen LogP contribution in [0.15, 0.2) is 18.2 Å². The smallest absolute Gasteiger partial charge is 0.0208 e. The quantitative estimate of drug-likeness (QED) is 0.789. The SMILES string of the molecule is Cc1ccc2c(c1)CNCC2CN(C)C. The van der Waals surface area contributed by atoms with Crippen LogP contribution in [0.4, 0.5) is 0 Å². The normalized spacial score (nSPS) is 20.4. The van der Waals surface area contributed by atoms with E-state index < -0.39 is 0 Å². The van der Waals surface area contributed by atoms with Gasteiger partial charge in [0.15, 0.2) is 0 Å². The lowest BCUT2D eigenvalue weighted by Crippen LogP contribution is -2.34. The Balaban J connectivity index is 2.26. The van der Waals surface area contributed by atoms with Crippen LogP contribution in [0.3, 0.4) is 0 Å². The highest BCUT2D eigenvalue weighted by Gasteiger charge is 2.19. The Morgan fingerprint density at radius 3 is 2.93 bits per heavy atom. The monoisotopic (exact) mass is 204 g/mol. The second-order valence-electron chi connectivity index (χ2n) is 4.79. The highest BCUT2D eigenvalue weighted by molar-refractivity contribution is 5.36. The molecule has 1 aliphatic heterocycles. The first-order valence-electron chi connectivity index (χ1n) is 5.61. The maximum absolute atomic E-state index is 3.50. The molecule has 0 amide bonds. The van der Waals surface area contributed by atoms with Crippen LogP contribution in [-0.2, 0) is 6.54 Å². The van der Waals surface area contributed by atoms with Crippen molar-refractivity contribution in [2.75, 3.05) is 27.2 Å². The summed E-state index contributed by atoms with van der Waals surface area (Å²) in [5.74, 6) is 0.643. The van der Waals surface area contributed by atoms with Gasteiger partial charge in [0.05, 0.1) is 0 Å². The van der Waals surface area contributed by atoms with Gasteiger partial charge in [-0.1, -0.05) is 23.8 Å². The molecule has 0 radical (unpaired) electrons. The van der Waals surface area contributed by atoms with E-state index in [0.717, 1.165) is 19.6 Å². The molecule has 15 heavy (non-hydrogen) atoms. The molecule has 2 nitrogen and oxygen atoms in total. The van der Waals surface area contributed by atoms with Crippen molar-refractivity contribution in [2.45, 2.75) is 19.4 Å². The van der Waals surface area contributed by atoms with Crippen LogP contribution in [0.5, 0.6) is 0 Å². The summed E-state index contributed by atoms with van der Waals surface area (Å²) in [6.45, 7) is 5.42. The van der Waals surface area contributed by atoms with E-state index in [0.29, 0.717) is 5.92 Å². The third-order valence-electron chi connectivity index (χ3n) is 3.03. The van der Waals surface area contributed by atoms with Gasteiger partial charge in [0.1, 0.15) is 0 Å². The molecule has 0 aliphatic carbocycles. The average molecular weight is 204 g/mol. The Bertz CT molecular complexity index is 344. The molecule has 1 aromatic rings. The van der Waals surface area contributed by atoms with Gasteiger partial charge in [-0.25, -0.2) is 0 Å². The molecule has 1 aromatic carbocycles. The van der Waals surface area contributed by atoms with E-state index in [2.05, 4.69) is 49.4 Å². The van der Waals surface area contributed by atoms with E-state index in [1.807, 2.05) is 0 Å². The average Bonchev–Trinajstić information content (AvgIpc) is 2.16. The molecule has 0 aromatic heterocycles. The predicted octanol–water partition coefficient (Wildman–Crippen LogP) is 1.74. The lowest BCUT2D eigenvalue weighted by atomic mass is 9.89. The van der Waals surface area contributed by atoms with Crippen molar-refractivity contribution in [1.82, 2.24) is 10.2 Å². The van der Waals surface area contributed by atoms with Gasteiger partial charge in [-0.2, -0.15) is 0 Å². The van der Waals surface area contributed by atoms with Gasteiger partial charge >= 0.3 is 0 Å². The maximum atomic E-state index is 3.50. The number of nitrogens with zero attached hydrogens (tertiary/aromatic N) is 1. The second kappa shape index (κ2) is 4.33. The van der Waals surface area contributed by atoms with Crippen molar-refractivity contribution in [3.63, 3.8) is 0 Å². The van der Waals surface area contributed by atoms with E-state index in [9.17, 15) is 0 Å². The van der Waals surface area contributed by atoms with Crippen LogP contribution in [0.2, 0.25) is 0 Å². The van der Waals surface area contributed by atoms with Gasteiger partial charge in [-0.05, 0) is 32.1 Å². The van der Waals surface area contributed by atoms with Crippen LogP contribution < -0.4 is 5.32 Å². The minimum atomic E-state index is 0.643. The summed E-state index contributed by atoms with van der Waals surface area (Å²) in [7, 11) is 4.28. The van der Waals surface area contributed by atoms with Crippen LogP contribution >= 0.6 is 0 Å². The van der Waals surface area contributed by atoms with E-state index in [-0.39, 0.29) is 0 Å². The van der Waals surface area contributed by atoms with Crippen LogP contribution in [0, 0.1) is 6.92 Å². The van der Waals surface area contributed by atoms with Gasteiger partial charge in [-0.15, -0.1) is 0 Å². The van der Waals surface area contributed by atoms with Crippen molar-refractivity contribution in [1.29, 1.82) is 0 Å². The number of fused-ring (bicyclic) bond motifs is 1. The molecule has 0 saturated heterocycles. The first-order chi connectivity index (χ1) is 7.16. The highest BCUT2D eigenvalue weighted by atomic mass is 15.1. The molecule has 0 saturated carbocycles. The number of hydrogen-bond acceptors (Lipinski definition) is 2. The predicted molar refractivity (Wildman–Crippen MR) is 64.2 cm³/mol. The van der Waals surface area contributed by atoms with E-state index >= 15 is 0 Å². The molecule has 1 unspecified atom stereocenters.